The van der Waals surface area contributed by atoms with Gasteiger partial charge in [-0.2, -0.15) is 0 Å². The minimum Gasteiger partial charge on any atom is -0.334 e. The molecule has 1 atom stereocenters. The largest absolute Gasteiger partial charge is 0.334 e. The van der Waals surface area contributed by atoms with Gasteiger partial charge in [0.15, 0.2) is 9.84 Å². The molecule has 0 radical (unpaired) electrons. The van der Waals surface area contributed by atoms with Crippen LogP contribution in [-0.4, -0.2) is 31.4 Å². The highest BCUT2D eigenvalue weighted by Crippen LogP contribution is 2.37. The van der Waals surface area contributed by atoms with E-state index in [2.05, 4.69) is 10.6 Å². The third kappa shape index (κ3) is 6.33. The van der Waals surface area contributed by atoms with Crippen LogP contribution in [-0.2, 0) is 14.6 Å². The van der Waals surface area contributed by atoms with Gasteiger partial charge in [0.25, 0.3) is 11.8 Å². The summed E-state index contributed by atoms with van der Waals surface area (Å²) in [5.74, 6) is -1.11. The molecule has 0 saturated carbocycles. The van der Waals surface area contributed by atoms with Gasteiger partial charge in [0.05, 0.1) is 5.75 Å². The summed E-state index contributed by atoms with van der Waals surface area (Å²) in [4.78, 5) is 27.9. The lowest BCUT2D eigenvalue weighted by Crippen LogP contribution is -2.42. The van der Waals surface area contributed by atoms with E-state index in [1.807, 2.05) is 42.5 Å². The molecule has 0 bridgehead atoms. The van der Waals surface area contributed by atoms with Gasteiger partial charge in [-0.25, -0.2) is 8.42 Å². The summed E-state index contributed by atoms with van der Waals surface area (Å²) < 4.78 is 24.8. The fraction of sp³-hybridized carbons (Fsp3) is 0.154. The molecule has 35 heavy (non-hydrogen) atoms. The molecule has 2 N–H and O–H groups in total. The second kappa shape index (κ2) is 11.1. The van der Waals surface area contributed by atoms with Crippen molar-refractivity contribution in [2.24, 2.45) is 0 Å². The molecule has 1 saturated heterocycles. The summed E-state index contributed by atoms with van der Waals surface area (Å²) in [5.41, 5.74) is 1.04. The monoisotopic (exact) mass is 526 g/mol. The second-order valence-corrected chi connectivity index (χ2v) is 11.7. The predicted octanol–water partition coefficient (Wildman–Crippen LogP) is 4.88. The lowest BCUT2D eigenvalue weighted by Gasteiger charge is -2.19. The van der Waals surface area contributed by atoms with Crippen LogP contribution in [0.5, 0.6) is 0 Å². The van der Waals surface area contributed by atoms with Gasteiger partial charge in [0.1, 0.15) is 11.1 Å². The Morgan fingerprint density at radius 1 is 0.857 bits per heavy atom. The van der Waals surface area contributed by atoms with E-state index in [1.54, 1.807) is 42.5 Å². The molecule has 1 unspecified atom stereocenters. The third-order valence-electron chi connectivity index (χ3n) is 5.42. The molecular formula is C26H23ClN2O4S2. The number of hydrogen-bond acceptors (Lipinski definition) is 5. The summed E-state index contributed by atoms with van der Waals surface area (Å²) in [5, 5.41) is 4.97. The maximum absolute atomic E-state index is 13.5. The average molecular weight is 527 g/mol. The Morgan fingerprint density at radius 3 is 2.03 bits per heavy atom. The quantitative estimate of drug-likeness (QED) is 0.338. The highest BCUT2D eigenvalue weighted by Gasteiger charge is 2.34. The average Bonchev–Trinajstić information content (AvgIpc) is 3.20. The number of carbonyl (C=O) groups excluding carboxylic acids is 2. The van der Waals surface area contributed by atoms with Crippen LogP contribution in [0.3, 0.4) is 0 Å². The first-order chi connectivity index (χ1) is 16.8. The zero-order chi connectivity index (χ0) is 24.8. The standard InChI is InChI=1S/C26H23ClN2O4S2/c27-20-13-15-21(16-14-20)34-24(18-8-3-1-4-9-18)23(29-25(30)19-10-5-2-6-11-19)26(31)28-22-12-7-17-35(22,32)33/h1-6,8-11,13-16,22H,7,12,17H2,(H,28,31)(H,29,30). The third-order valence-corrected chi connectivity index (χ3v) is 8.90. The van der Waals surface area contributed by atoms with Crippen molar-refractivity contribution in [1.82, 2.24) is 10.6 Å². The highest BCUT2D eigenvalue weighted by molar-refractivity contribution is 8.08. The number of benzene rings is 3. The molecule has 9 heteroatoms. The van der Waals surface area contributed by atoms with Crippen LogP contribution in [0, 0.1) is 0 Å². The Morgan fingerprint density at radius 2 is 1.46 bits per heavy atom. The topological polar surface area (TPSA) is 92.3 Å². The molecule has 6 nitrogen and oxygen atoms in total. The molecule has 1 heterocycles. The van der Waals surface area contributed by atoms with Gasteiger partial charge in [-0.1, -0.05) is 71.9 Å². The van der Waals surface area contributed by atoms with Crippen molar-refractivity contribution in [2.75, 3.05) is 5.75 Å². The predicted molar refractivity (Wildman–Crippen MR) is 140 cm³/mol. The number of carbonyl (C=O) groups is 2. The van der Waals surface area contributed by atoms with E-state index in [-0.39, 0.29) is 11.4 Å². The summed E-state index contributed by atoms with van der Waals surface area (Å²) >= 11 is 7.32. The minimum absolute atomic E-state index is 0.0212. The molecule has 0 aromatic heterocycles. The van der Waals surface area contributed by atoms with Gasteiger partial charge in [-0.3, -0.25) is 9.59 Å². The van der Waals surface area contributed by atoms with Crippen molar-refractivity contribution >= 4 is 49.9 Å². The summed E-state index contributed by atoms with van der Waals surface area (Å²) in [6.07, 6.45) is 0.812. The van der Waals surface area contributed by atoms with Crippen molar-refractivity contribution in [3.8, 4) is 0 Å². The molecule has 1 aliphatic heterocycles. The summed E-state index contributed by atoms with van der Waals surface area (Å²) in [6.45, 7) is 0. The number of rotatable bonds is 7. The molecule has 4 rings (SSSR count). The Labute approximate surface area is 213 Å². The second-order valence-electron chi connectivity index (χ2n) is 7.92. The number of amides is 2. The maximum Gasteiger partial charge on any atom is 0.270 e. The summed E-state index contributed by atoms with van der Waals surface area (Å²) in [6, 6.07) is 24.8. The number of nitrogens with one attached hydrogen (secondary N) is 2. The van der Waals surface area contributed by atoms with Crippen LogP contribution in [0.15, 0.2) is 95.5 Å². The fourth-order valence-electron chi connectivity index (χ4n) is 3.63. The van der Waals surface area contributed by atoms with Crippen LogP contribution in [0.4, 0.5) is 0 Å². The van der Waals surface area contributed by atoms with E-state index in [9.17, 15) is 18.0 Å². The molecular weight excluding hydrogens is 504 g/mol. The smallest absolute Gasteiger partial charge is 0.270 e. The number of thioether (sulfide) groups is 1. The number of sulfone groups is 1. The fourth-order valence-corrected chi connectivity index (χ4v) is 6.43. The Kier molecular flexibility index (Phi) is 7.95. The molecule has 3 aromatic carbocycles. The van der Waals surface area contributed by atoms with Crippen molar-refractivity contribution in [2.45, 2.75) is 23.1 Å². The molecule has 1 fully saturated rings. The number of hydrogen-bond donors (Lipinski definition) is 2. The van der Waals surface area contributed by atoms with Crippen LogP contribution in [0.1, 0.15) is 28.8 Å². The van der Waals surface area contributed by atoms with Crippen molar-refractivity contribution in [3.05, 3.63) is 107 Å². The van der Waals surface area contributed by atoms with Gasteiger partial charge in [0.2, 0.25) is 0 Å². The highest BCUT2D eigenvalue weighted by atomic mass is 35.5. The molecule has 0 spiro atoms. The first-order valence-electron chi connectivity index (χ1n) is 11.0. The van der Waals surface area contributed by atoms with Gasteiger partial charge in [-0.05, 0) is 54.8 Å². The molecule has 2 amide bonds. The Hall–Kier alpha value is -3.07. The zero-order valence-corrected chi connectivity index (χ0v) is 21.0. The van der Waals surface area contributed by atoms with E-state index in [4.69, 9.17) is 11.6 Å². The first-order valence-corrected chi connectivity index (χ1v) is 13.9. The van der Waals surface area contributed by atoms with Gasteiger partial charge >= 0.3 is 0 Å². The molecule has 180 valence electrons. The van der Waals surface area contributed by atoms with Crippen molar-refractivity contribution in [3.63, 3.8) is 0 Å². The van der Waals surface area contributed by atoms with Crippen LogP contribution in [0.25, 0.3) is 4.91 Å². The van der Waals surface area contributed by atoms with Crippen molar-refractivity contribution < 1.29 is 18.0 Å². The molecule has 3 aromatic rings. The van der Waals surface area contributed by atoms with Crippen LogP contribution < -0.4 is 10.6 Å². The van der Waals surface area contributed by atoms with E-state index in [1.165, 1.54) is 11.8 Å². The molecule has 0 aliphatic carbocycles. The van der Waals surface area contributed by atoms with E-state index in [0.717, 1.165) is 4.90 Å². The van der Waals surface area contributed by atoms with Gasteiger partial charge < -0.3 is 10.6 Å². The van der Waals surface area contributed by atoms with Crippen molar-refractivity contribution in [1.29, 1.82) is 0 Å². The van der Waals surface area contributed by atoms with E-state index >= 15 is 0 Å². The van der Waals surface area contributed by atoms with E-state index < -0.39 is 27.0 Å². The van der Waals surface area contributed by atoms with Gasteiger partial charge in [0, 0.05) is 20.4 Å². The lowest BCUT2D eigenvalue weighted by atomic mass is 10.1. The lowest BCUT2D eigenvalue weighted by molar-refractivity contribution is -0.118. The normalized spacial score (nSPS) is 17.3. The van der Waals surface area contributed by atoms with Gasteiger partial charge in [-0.15, -0.1) is 0 Å². The Balaban J connectivity index is 1.79. The summed E-state index contributed by atoms with van der Waals surface area (Å²) in [7, 11) is -3.44. The molecule has 1 aliphatic rings. The minimum atomic E-state index is -3.44. The Bertz CT molecular complexity index is 1340. The van der Waals surface area contributed by atoms with E-state index in [0.29, 0.717) is 33.9 Å². The number of halogens is 1. The van der Waals surface area contributed by atoms with Crippen LogP contribution >= 0.6 is 23.4 Å². The SMILES string of the molecule is O=C(NC1CCCS1(=O)=O)C(NC(=O)c1ccccc1)=C(Sc1ccc(Cl)cc1)c1ccccc1. The maximum atomic E-state index is 13.5. The first kappa shape index (κ1) is 25.0. The van der Waals surface area contributed by atoms with Crippen LogP contribution in [0.2, 0.25) is 5.02 Å². The zero-order valence-electron chi connectivity index (χ0n) is 18.6.